The molecule has 7 heteroatoms. The minimum atomic E-state index is -0.00118. The van der Waals surface area contributed by atoms with Crippen molar-refractivity contribution in [3.8, 4) is 5.75 Å². The number of para-hydroxylation sites is 1. The van der Waals surface area contributed by atoms with Crippen molar-refractivity contribution in [1.29, 1.82) is 0 Å². The third-order valence-electron chi connectivity index (χ3n) is 5.90. The number of hydrogen-bond acceptors (Lipinski definition) is 5. The summed E-state index contributed by atoms with van der Waals surface area (Å²) >= 11 is 0. The van der Waals surface area contributed by atoms with E-state index >= 15 is 0 Å². The number of aromatic nitrogens is 3. The van der Waals surface area contributed by atoms with E-state index in [1.807, 2.05) is 36.9 Å². The van der Waals surface area contributed by atoms with E-state index in [4.69, 9.17) is 4.74 Å². The van der Waals surface area contributed by atoms with E-state index in [9.17, 15) is 4.79 Å². The summed E-state index contributed by atoms with van der Waals surface area (Å²) in [5.41, 5.74) is 2.11. The molecule has 1 fully saturated rings. The van der Waals surface area contributed by atoms with Gasteiger partial charge in [0.1, 0.15) is 11.6 Å². The molecule has 1 amide bonds. The van der Waals surface area contributed by atoms with E-state index in [0.717, 1.165) is 74.0 Å². The van der Waals surface area contributed by atoms with Crippen LogP contribution in [-0.2, 0) is 17.8 Å². The monoisotopic (exact) mass is 383 g/mol. The molecule has 28 heavy (non-hydrogen) atoms. The molecule has 1 unspecified atom stereocenters. The molecule has 4 rings (SSSR count). The first-order valence-corrected chi connectivity index (χ1v) is 10.1. The van der Waals surface area contributed by atoms with Gasteiger partial charge >= 0.3 is 0 Å². The standard InChI is InChI=1S/C21H29N5O2/c1-15-6-4-7-16(2)20(15)28-14-19(27)25-10-5-8-17(25)21-23-22-18-9-11-24(3)12-13-26(18)21/h4,6-7,17H,5,8-14H2,1-3H3. The molecule has 0 bridgehead atoms. The summed E-state index contributed by atoms with van der Waals surface area (Å²) in [7, 11) is 2.13. The SMILES string of the molecule is Cc1cccc(C)c1OCC(=O)N1CCCC1c1nnc2n1CCN(C)CC2. The summed E-state index contributed by atoms with van der Waals surface area (Å²) in [6, 6.07) is 6.02. The summed E-state index contributed by atoms with van der Waals surface area (Å²) in [6.45, 7) is 7.69. The average molecular weight is 383 g/mol. The quantitative estimate of drug-likeness (QED) is 0.809. The highest BCUT2D eigenvalue weighted by atomic mass is 16.5. The maximum absolute atomic E-state index is 13.0. The van der Waals surface area contributed by atoms with Crippen LogP contribution >= 0.6 is 0 Å². The third-order valence-corrected chi connectivity index (χ3v) is 5.90. The van der Waals surface area contributed by atoms with E-state index < -0.39 is 0 Å². The van der Waals surface area contributed by atoms with Crippen LogP contribution in [0.2, 0.25) is 0 Å². The number of benzene rings is 1. The molecule has 0 spiro atoms. The summed E-state index contributed by atoms with van der Waals surface area (Å²) in [5, 5.41) is 8.91. The number of amides is 1. The molecule has 0 saturated carbocycles. The second-order valence-electron chi connectivity index (χ2n) is 7.93. The second-order valence-corrected chi connectivity index (χ2v) is 7.93. The predicted molar refractivity (Wildman–Crippen MR) is 106 cm³/mol. The molecule has 3 heterocycles. The van der Waals surface area contributed by atoms with Crippen molar-refractivity contribution < 1.29 is 9.53 Å². The topological polar surface area (TPSA) is 63.5 Å². The van der Waals surface area contributed by atoms with Crippen LogP contribution in [0.4, 0.5) is 0 Å². The average Bonchev–Trinajstić information content (AvgIpc) is 3.26. The molecule has 1 atom stereocenters. The molecule has 0 N–H and O–H groups in total. The van der Waals surface area contributed by atoms with Crippen molar-refractivity contribution in [3.05, 3.63) is 41.0 Å². The number of ether oxygens (including phenoxy) is 1. The van der Waals surface area contributed by atoms with Crippen LogP contribution in [0, 0.1) is 13.8 Å². The van der Waals surface area contributed by atoms with Crippen molar-refractivity contribution in [2.75, 3.05) is 33.3 Å². The lowest BCUT2D eigenvalue weighted by Crippen LogP contribution is -2.36. The Bertz CT molecular complexity index is 842. The molecular formula is C21H29N5O2. The first-order chi connectivity index (χ1) is 13.5. The first kappa shape index (κ1) is 18.9. The predicted octanol–water partition coefficient (Wildman–Crippen LogP) is 2.13. The van der Waals surface area contributed by atoms with Crippen LogP contribution in [0.3, 0.4) is 0 Å². The molecular weight excluding hydrogens is 354 g/mol. The fourth-order valence-electron chi connectivity index (χ4n) is 4.27. The number of nitrogens with zero attached hydrogens (tertiary/aromatic N) is 5. The van der Waals surface area contributed by atoms with E-state index in [-0.39, 0.29) is 18.6 Å². The Kier molecular flexibility index (Phi) is 5.35. The molecule has 2 aromatic rings. The van der Waals surface area contributed by atoms with Gasteiger partial charge in [0.05, 0.1) is 6.04 Å². The fourth-order valence-corrected chi connectivity index (χ4v) is 4.27. The third kappa shape index (κ3) is 3.63. The highest BCUT2D eigenvalue weighted by Gasteiger charge is 2.34. The number of carbonyl (C=O) groups excluding carboxylic acids is 1. The van der Waals surface area contributed by atoms with Gasteiger partial charge in [-0.1, -0.05) is 18.2 Å². The lowest BCUT2D eigenvalue weighted by molar-refractivity contribution is -0.134. The Hall–Kier alpha value is -2.41. The number of likely N-dealkylation sites (tertiary alicyclic amines) is 1. The number of fused-ring (bicyclic) bond motifs is 1. The number of hydrogen-bond donors (Lipinski definition) is 0. The Morgan fingerprint density at radius 3 is 2.71 bits per heavy atom. The largest absolute Gasteiger partial charge is 0.483 e. The van der Waals surface area contributed by atoms with Crippen LogP contribution < -0.4 is 4.74 Å². The highest BCUT2D eigenvalue weighted by molar-refractivity contribution is 5.78. The Balaban J connectivity index is 1.48. The van der Waals surface area contributed by atoms with Crippen molar-refractivity contribution in [3.63, 3.8) is 0 Å². The zero-order valence-corrected chi connectivity index (χ0v) is 17.0. The van der Waals surface area contributed by atoms with Gasteiger partial charge in [-0.25, -0.2) is 0 Å². The van der Waals surface area contributed by atoms with Gasteiger partial charge in [0.15, 0.2) is 12.4 Å². The zero-order valence-electron chi connectivity index (χ0n) is 17.0. The molecule has 1 aromatic carbocycles. The number of aryl methyl sites for hydroxylation is 2. The van der Waals surface area contributed by atoms with E-state index in [1.54, 1.807) is 0 Å². The van der Waals surface area contributed by atoms with E-state index in [1.165, 1.54) is 0 Å². The summed E-state index contributed by atoms with van der Waals surface area (Å²) in [6.07, 6.45) is 2.82. The minimum Gasteiger partial charge on any atom is -0.483 e. The zero-order chi connectivity index (χ0) is 19.7. The van der Waals surface area contributed by atoms with Crippen molar-refractivity contribution in [2.45, 2.75) is 45.7 Å². The van der Waals surface area contributed by atoms with Gasteiger partial charge < -0.3 is 19.1 Å². The van der Waals surface area contributed by atoms with Gasteiger partial charge in [-0.3, -0.25) is 4.79 Å². The Morgan fingerprint density at radius 2 is 1.93 bits per heavy atom. The van der Waals surface area contributed by atoms with Crippen LogP contribution in [0.15, 0.2) is 18.2 Å². The maximum Gasteiger partial charge on any atom is 0.261 e. The van der Waals surface area contributed by atoms with Gasteiger partial charge in [-0.15, -0.1) is 10.2 Å². The summed E-state index contributed by atoms with van der Waals surface area (Å²) < 4.78 is 8.14. The molecule has 2 aliphatic rings. The maximum atomic E-state index is 13.0. The van der Waals surface area contributed by atoms with Crippen molar-refractivity contribution >= 4 is 5.91 Å². The minimum absolute atomic E-state index is 0.00118. The number of likely N-dealkylation sites (N-methyl/N-ethyl adjacent to an activating group) is 1. The second kappa shape index (κ2) is 7.91. The number of rotatable bonds is 4. The normalized spacial score (nSPS) is 20.1. The molecule has 0 aliphatic carbocycles. The van der Waals surface area contributed by atoms with Crippen molar-refractivity contribution in [2.24, 2.45) is 0 Å². The molecule has 1 saturated heterocycles. The van der Waals surface area contributed by atoms with Gasteiger partial charge in [0, 0.05) is 32.6 Å². The smallest absolute Gasteiger partial charge is 0.261 e. The molecule has 1 aromatic heterocycles. The molecule has 7 nitrogen and oxygen atoms in total. The van der Waals surface area contributed by atoms with E-state index in [0.29, 0.717) is 0 Å². The molecule has 2 aliphatic heterocycles. The van der Waals surface area contributed by atoms with Gasteiger partial charge in [-0.05, 0) is 44.9 Å². The van der Waals surface area contributed by atoms with Crippen LogP contribution in [-0.4, -0.2) is 63.8 Å². The molecule has 150 valence electrons. The summed E-state index contributed by atoms with van der Waals surface area (Å²) in [5.74, 6) is 2.80. The highest BCUT2D eigenvalue weighted by Crippen LogP contribution is 2.32. The van der Waals surface area contributed by atoms with Crippen LogP contribution in [0.1, 0.15) is 41.7 Å². The number of carbonyl (C=O) groups is 1. The van der Waals surface area contributed by atoms with E-state index in [2.05, 4.69) is 26.7 Å². The summed E-state index contributed by atoms with van der Waals surface area (Å²) in [4.78, 5) is 17.2. The van der Waals surface area contributed by atoms with Gasteiger partial charge in [0.2, 0.25) is 0 Å². The van der Waals surface area contributed by atoms with Gasteiger partial charge in [0.25, 0.3) is 5.91 Å². The lowest BCUT2D eigenvalue weighted by Gasteiger charge is -2.25. The first-order valence-electron chi connectivity index (χ1n) is 10.1. The fraction of sp³-hybridized carbons (Fsp3) is 0.571. The van der Waals surface area contributed by atoms with Crippen LogP contribution in [0.5, 0.6) is 5.75 Å². The lowest BCUT2D eigenvalue weighted by atomic mass is 10.1. The Labute approximate surface area is 166 Å². The van der Waals surface area contributed by atoms with Crippen molar-refractivity contribution in [1.82, 2.24) is 24.6 Å². The van der Waals surface area contributed by atoms with Crippen LogP contribution in [0.25, 0.3) is 0 Å². The van der Waals surface area contributed by atoms with Gasteiger partial charge in [-0.2, -0.15) is 0 Å². The Morgan fingerprint density at radius 1 is 1.14 bits per heavy atom. The molecule has 0 radical (unpaired) electrons.